The molecule has 0 radical (unpaired) electrons. The summed E-state index contributed by atoms with van der Waals surface area (Å²) in [6, 6.07) is 6.85. The Morgan fingerprint density at radius 2 is 1.88 bits per heavy atom. The molecule has 6 nitrogen and oxygen atoms in total. The van der Waals surface area contributed by atoms with Gasteiger partial charge in [0, 0.05) is 6.04 Å². The summed E-state index contributed by atoms with van der Waals surface area (Å²) in [5.41, 5.74) is -0.200. The number of ether oxygens (including phenoxy) is 1. The van der Waals surface area contributed by atoms with Crippen molar-refractivity contribution in [3.63, 3.8) is 0 Å². The number of hydrogen-bond donors (Lipinski definition) is 0. The molecule has 0 saturated heterocycles. The molecule has 1 heterocycles. The summed E-state index contributed by atoms with van der Waals surface area (Å²) in [5, 5.41) is 0.465. The Kier molecular flexibility index (Phi) is 4.83. The molecule has 1 aromatic heterocycles. The number of nitrogens with zero attached hydrogens (tertiary/aromatic N) is 2. The Morgan fingerprint density at radius 1 is 1.17 bits per heavy atom. The van der Waals surface area contributed by atoms with Crippen molar-refractivity contribution in [2.24, 2.45) is 0 Å². The van der Waals surface area contributed by atoms with Crippen LogP contribution in [0.2, 0.25) is 0 Å². The zero-order chi connectivity index (χ0) is 17.1. The molecule has 1 fully saturated rings. The normalized spacial score (nSPS) is 15.5. The van der Waals surface area contributed by atoms with Gasteiger partial charge in [-0.3, -0.25) is 18.7 Å². The molecule has 3 rings (SSSR count). The van der Waals surface area contributed by atoms with E-state index in [9.17, 15) is 14.4 Å². The first-order valence-corrected chi connectivity index (χ1v) is 8.53. The Bertz CT molecular complexity index is 859. The molecule has 0 atom stereocenters. The van der Waals surface area contributed by atoms with Crippen LogP contribution in [0.3, 0.4) is 0 Å². The smallest absolute Gasteiger partial charge is 0.332 e. The van der Waals surface area contributed by atoms with Gasteiger partial charge in [0.25, 0.3) is 5.56 Å². The summed E-state index contributed by atoms with van der Waals surface area (Å²) in [6.45, 7) is 1.80. The lowest BCUT2D eigenvalue weighted by molar-refractivity contribution is -0.143. The van der Waals surface area contributed by atoms with Crippen LogP contribution in [0.1, 0.15) is 45.1 Å². The molecule has 0 bridgehead atoms. The van der Waals surface area contributed by atoms with Crippen LogP contribution >= 0.6 is 0 Å². The van der Waals surface area contributed by atoms with Crippen molar-refractivity contribution >= 4 is 16.9 Å². The molecule has 24 heavy (non-hydrogen) atoms. The maximum Gasteiger partial charge on any atom is 0.332 e. The van der Waals surface area contributed by atoms with E-state index in [0.29, 0.717) is 10.9 Å². The molecular formula is C18H22N2O4. The molecule has 2 aromatic rings. The summed E-state index contributed by atoms with van der Waals surface area (Å²) >= 11 is 0. The van der Waals surface area contributed by atoms with E-state index >= 15 is 0 Å². The molecule has 6 heteroatoms. The fourth-order valence-corrected chi connectivity index (χ4v) is 3.49. The molecule has 1 aliphatic rings. The van der Waals surface area contributed by atoms with Crippen LogP contribution in [-0.2, 0) is 16.1 Å². The highest BCUT2D eigenvalue weighted by atomic mass is 16.5. The Balaban J connectivity index is 2.19. The van der Waals surface area contributed by atoms with Gasteiger partial charge in [-0.2, -0.15) is 0 Å². The van der Waals surface area contributed by atoms with E-state index in [4.69, 9.17) is 4.74 Å². The number of carbonyl (C=O) groups excluding carboxylic acids is 1. The highest BCUT2D eigenvalue weighted by Gasteiger charge is 2.23. The predicted molar refractivity (Wildman–Crippen MR) is 91.2 cm³/mol. The number of esters is 1. The third-order valence-electron chi connectivity index (χ3n) is 4.61. The van der Waals surface area contributed by atoms with Crippen molar-refractivity contribution in [2.75, 3.05) is 6.61 Å². The Morgan fingerprint density at radius 3 is 2.58 bits per heavy atom. The van der Waals surface area contributed by atoms with E-state index in [-0.39, 0.29) is 24.8 Å². The highest BCUT2D eigenvalue weighted by Crippen LogP contribution is 2.26. The average molecular weight is 330 g/mol. The van der Waals surface area contributed by atoms with Crippen molar-refractivity contribution in [1.29, 1.82) is 0 Å². The maximum absolute atomic E-state index is 13.0. The van der Waals surface area contributed by atoms with Crippen molar-refractivity contribution < 1.29 is 9.53 Å². The average Bonchev–Trinajstić information content (AvgIpc) is 2.60. The first-order valence-electron chi connectivity index (χ1n) is 8.53. The van der Waals surface area contributed by atoms with Gasteiger partial charge in [0.2, 0.25) is 0 Å². The van der Waals surface area contributed by atoms with Gasteiger partial charge < -0.3 is 4.74 Å². The SMILES string of the molecule is CCOC(=O)Cn1c(=O)n(C2CCCCC2)c(=O)c2ccccc21. The molecule has 0 amide bonds. The van der Waals surface area contributed by atoms with Crippen molar-refractivity contribution in [3.05, 3.63) is 45.1 Å². The quantitative estimate of drug-likeness (QED) is 0.806. The van der Waals surface area contributed by atoms with Crippen molar-refractivity contribution in [1.82, 2.24) is 9.13 Å². The molecule has 1 saturated carbocycles. The van der Waals surface area contributed by atoms with Crippen LogP contribution < -0.4 is 11.2 Å². The topological polar surface area (TPSA) is 70.3 Å². The van der Waals surface area contributed by atoms with Gasteiger partial charge in [0.05, 0.1) is 17.5 Å². The predicted octanol–water partition coefficient (Wildman–Crippen LogP) is 2.23. The summed E-state index contributed by atoms with van der Waals surface area (Å²) in [7, 11) is 0. The maximum atomic E-state index is 13.0. The fraction of sp³-hybridized carbons (Fsp3) is 0.500. The Hall–Kier alpha value is -2.37. The minimum Gasteiger partial charge on any atom is -0.465 e. The molecule has 128 valence electrons. The number of benzene rings is 1. The van der Waals surface area contributed by atoms with Gasteiger partial charge in [-0.05, 0) is 31.9 Å². The van der Waals surface area contributed by atoms with Crippen LogP contribution in [0, 0.1) is 0 Å². The number of carbonyl (C=O) groups is 1. The van der Waals surface area contributed by atoms with E-state index in [2.05, 4.69) is 0 Å². The van der Waals surface area contributed by atoms with Gasteiger partial charge in [0.1, 0.15) is 6.54 Å². The second-order valence-electron chi connectivity index (χ2n) is 6.16. The zero-order valence-corrected chi connectivity index (χ0v) is 13.9. The summed E-state index contributed by atoms with van der Waals surface area (Å²) in [6.07, 6.45) is 4.82. The third-order valence-corrected chi connectivity index (χ3v) is 4.61. The summed E-state index contributed by atoms with van der Waals surface area (Å²) in [4.78, 5) is 37.7. The summed E-state index contributed by atoms with van der Waals surface area (Å²) in [5.74, 6) is -0.474. The minimum atomic E-state index is -0.474. The molecular weight excluding hydrogens is 308 g/mol. The molecule has 0 unspecified atom stereocenters. The standard InChI is InChI=1S/C18H22N2O4/c1-2-24-16(21)12-19-15-11-7-6-10-14(15)17(22)20(18(19)23)13-8-4-3-5-9-13/h6-7,10-11,13H,2-5,8-9,12H2,1H3. The largest absolute Gasteiger partial charge is 0.465 e. The molecule has 0 aliphatic heterocycles. The van der Waals surface area contributed by atoms with Crippen molar-refractivity contribution in [3.8, 4) is 0 Å². The molecule has 0 N–H and O–H groups in total. The monoisotopic (exact) mass is 330 g/mol. The highest BCUT2D eigenvalue weighted by molar-refractivity contribution is 5.80. The van der Waals surface area contributed by atoms with E-state index in [1.807, 2.05) is 0 Å². The zero-order valence-electron chi connectivity index (χ0n) is 13.9. The minimum absolute atomic E-state index is 0.0863. The second-order valence-corrected chi connectivity index (χ2v) is 6.16. The summed E-state index contributed by atoms with van der Waals surface area (Å²) < 4.78 is 7.69. The first-order chi connectivity index (χ1) is 11.6. The Labute approximate surface area is 139 Å². The van der Waals surface area contributed by atoms with Crippen LogP contribution in [-0.4, -0.2) is 21.7 Å². The lowest BCUT2D eigenvalue weighted by atomic mass is 9.95. The van der Waals surface area contributed by atoms with Crippen LogP contribution in [0.5, 0.6) is 0 Å². The van der Waals surface area contributed by atoms with Gasteiger partial charge in [-0.1, -0.05) is 31.4 Å². The van der Waals surface area contributed by atoms with Crippen LogP contribution in [0.25, 0.3) is 10.9 Å². The van der Waals surface area contributed by atoms with E-state index in [0.717, 1.165) is 32.1 Å². The van der Waals surface area contributed by atoms with Gasteiger partial charge in [-0.25, -0.2) is 4.79 Å². The molecule has 1 aliphatic carbocycles. The fourth-order valence-electron chi connectivity index (χ4n) is 3.49. The lowest BCUT2D eigenvalue weighted by Gasteiger charge is -2.24. The number of fused-ring (bicyclic) bond motifs is 1. The van der Waals surface area contributed by atoms with Crippen LogP contribution in [0.15, 0.2) is 33.9 Å². The number of hydrogen-bond acceptors (Lipinski definition) is 4. The molecule has 1 aromatic carbocycles. The number of rotatable bonds is 4. The first kappa shape index (κ1) is 16.5. The lowest BCUT2D eigenvalue weighted by Crippen LogP contribution is -2.43. The van der Waals surface area contributed by atoms with Crippen LogP contribution in [0.4, 0.5) is 0 Å². The van der Waals surface area contributed by atoms with Crippen molar-refractivity contribution in [2.45, 2.75) is 51.6 Å². The molecule has 0 spiro atoms. The van der Waals surface area contributed by atoms with E-state index in [1.165, 1.54) is 9.13 Å². The number of aromatic nitrogens is 2. The van der Waals surface area contributed by atoms with Gasteiger partial charge in [-0.15, -0.1) is 0 Å². The third kappa shape index (κ3) is 3.00. The number of para-hydroxylation sites is 1. The van der Waals surface area contributed by atoms with E-state index in [1.54, 1.807) is 31.2 Å². The van der Waals surface area contributed by atoms with Gasteiger partial charge in [0.15, 0.2) is 0 Å². The van der Waals surface area contributed by atoms with Gasteiger partial charge >= 0.3 is 11.7 Å². The van der Waals surface area contributed by atoms with E-state index < -0.39 is 11.7 Å². The second kappa shape index (κ2) is 7.03.